The van der Waals surface area contributed by atoms with Crippen LogP contribution < -0.4 is 20.7 Å². The number of aromatic nitrogens is 1. The van der Waals surface area contributed by atoms with Crippen molar-refractivity contribution in [1.82, 2.24) is 24.8 Å². The fourth-order valence-corrected chi connectivity index (χ4v) is 6.45. The Kier molecular flexibility index (Phi) is 13.4. The molecule has 1 unspecified atom stereocenters. The Bertz CT molecular complexity index is 1460. The van der Waals surface area contributed by atoms with Crippen molar-refractivity contribution in [2.24, 2.45) is 5.92 Å². The van der Waals surface area contributed by atoms with E-state index in [2.05, 4.69) is 34.5 Å². The molecule has 0 aliphatic carbocycles. The molecule has 3 rings (SSSR count). The number of nitrogens with one attached hydrogen (secondary N) is 4. The molecular weight excluding hydrogens is 623 g/mol. The Morgan fingerprint density at radius 2 is 1.61 bits per heavy atom. The van der Waals surface area contributed by atoms with E-state index in [-0.39, 0.29) is 46.5 Å². The van der Waals surface area contributed by atoms with Gasteiger partial charge in [-0.1, -0.05) is 37.0 Å². The summed E-state index contributed by atoms with van der Waals surface area (Å²) < 4.78 is 29.9. The number of hydrogen-bond acceptors (Lipinski definition) is 4. The van der Waals surface area contributed by atoms with Gasteiger partial charge < -0.3 is 25.4 Å². The van der Waals surface area contributed by atoms with Crippen LogP contribution in [0, 0.1) is 5.92 Å². The molecule has 0 aliphatic rings. The Labute approximate surface area is 270 Å². The van der Waals surface area contributed by atoms with Gasteiger partial charge in [0.15, 0.2) is 0 Å². The molecule has 1 aromatic heterocycles. The van der Waals surface area contributed by atoms with Crippen LogP contribution in [0.1, 0.15) is 47.0 Å². The fraction of sp³-hybridized carbons (Fsp3) is 0.419. The number of carbonyl (C=O) groups excluding carboxylic acids is 2. The molecule has 4 amide bonds. The predicted octanol–water partition coefficient (Wildman–Crippen LogP) is 6.50. The van der Waals surface area contributed by atoms with Gasteiger partial charge in [0.2, 0.25) is 10.0 Å². The molecule has 0 saturated heterocycles. The van der Waals surface area contributed by atoms with Gasteiger partial charge in [0.05, 0.1) is 5.02 Å². The molecule has 3 aromatic rings. The first-order chi connectivity index (χ1) is 20.8. The van der Waals surface area contributed by atoms with Crippen molar-refractivity contribution in [2.75, 3.05) is 25.0 Å². The highest BCUT2D eigenvalue weighted by Gasteiger charge is 2.23. The van der Waals surface area contributed by atoms with Crippen molar-refractivity contribution in [3.8, 4) is 5.69 Å². The van der Waals surface area contributed by atoms with E-state index < -0.39 is 10.0 Å². The maximum absolute atomic E-state index is 13.1. The van der Waals surface area contributed by atoms with Crippen LogP contribution in [-0.4, -0.2) is 61.7 Å². The summed E-state index contributed by atoms with van der Waals surface area (Å²) in [5.41, 5.74) is 1.63. The van der Waals surface area contributed by atoms with Crippen LogP contribution in [0.25, 0.3) is 5.69 Å². The van der Waals surface area contributed by atoms with E-state index in [1.54, 1.807) is 4.90 Å². The van der Waals surface area contributed by atoms with Crippen molar-refractivity contribution in [1.29, 1.82) is 0 Å². The number of carbonyl (C=O) groups is 2. The van der Waals surface area contributed by atoms with E-state index in [0.717, 1.165) is 5.69 Å². The maximum atomic E-state index is 13.1. The minimum Gasteiger partial charge on any atom is -0.336 e. The number of unbranched alkanes of at least 4 members (excludes halogenated alkanes) is 1. The third-order valence-corrected chi connectivity index (χ3v) is 8.77. The lowest BCUT2D eigenvalue weighted by Crippen LogP contribution is -2.51. The third-order valence-electron chi connectivity index (χ3n) is 6.59. The molecule has 44 heavy (non-hydrogen) atoms. The molecule has 2 aromatic carbocycles. The molecule has 13 heteroatoms. The number of urea groups is 2. The van der Waals surface area contributed by atoms with Gasteiger partial charge in [0.25, 0.3) is 0 Å². The first-order valence-corrected chi connectivity index (χ1v) is 16.9. The van der Waals surface area contributed by atoms with E-state index in [0.29, 0.717) is 43.1 Å². The normalized spacial score (nSPS) is 12.3. The van der Waals surface area contributed by atoms with E-state index in [1.165, 1.54) is 18.2 Å². The van der Waals surface area contributed by atoms with Gasteiger partial charge >= 0.3 is 12.1 Å². The second-order valence-electron chi connectivity index (χ2n) is 11.3. The number of sulfonamides is 1. The SMILES string of the molecule is CC(C)CC(CN(CCCCNS(=O)(=O)c1ccc(Cl)cc1Cl)C(=O)NC(C)C)NC(=O)Nc1ccc(-n2cccc2)cc1. The molecule has 1 heterocycles. The lowest BCUT2D eigenvalue weighted by Gasteiger charge is -2.30. The van der Waals surface area contributed by atoms with Gasteiger partial charge in [0.1, 0.15) is 4.90 Å². The molecule has 0 radical (unpaired) electrons. The van der Waals surface area contributed by atoms with Crippen LogP contribution in [0.5, 0.6) is 0 Å². The number of halogens is 2. The first kappa shape index (κ1) is 35.2. The largest absolute Gasteiger partial charge is 0.336 e. The average Bonchev–Trinajstić information content (AvgIpc) is 3.46. The molecule has 0 bridgehead atoms. The van der Waals surface area contributed by atoms with Crippen molar-refractivity contribution in [2.45, 2.75) is 63.9 Å². The van der Waals surface area contributed by atoms with Crippen molar-refractivity contribution in [3.05, 3.63) is 77.0 Å². The zero-order valence-corrected chi connectivity index (χ0v) is 27.8. The molecule has 0 spiro atoms. The summed E-state index contributed by atoms with van der Waals surface area (Å²) >= 11 is 12.0. The number of amides is 4. The monoisotopic (exact) mass is 664 g/mol. The molecular formula is C31H42Cl2N6O4S. The van der Waals surface area contributed by atoms with Crippen molar-refractivity contribution in [3.63, 3.8) is 0 Å². The van der Waals surface area contributed by atoms with Crippen LogP contribution in [0.3, 0.4) is 0 Å². The molecule has 0 saturated carbocycles. The summed E-state index contributed by atoms with van der Waals surface area (Å²) in [5, 5.41) is 9.24. The van der Waals surface area contributed by atoms with Crippen LogP contribution in [0.2, 0.25) is 10.0 Å². The van der Waals surface area contributed by atoms with Gasteiger partial charge in [-0.15, -0.1) is 0 Å². The van der Waals surface area contributed by atoms with Crippen molar-refractivity contribution >= 4 is 51.0 Å². The zero-order valence-electron chi connectivity index (χ0n) is 25.5. The quantitative estimate of drug-likeness (QED) is 0.138. The second kappa shape index (κ2) is 16.7. The van der Waals surface area contributed by atoms with Gasteiger partial charge in [-0.25, -0.2) is 22.7 Å². The minimum absolute atomic E-state index is 0.0424. The predicted molar refractivity (Wildman–Crippen MR) is 177 cm³/mol. The third kappa shape index (κ3) is 11.4. The zero-order chi connectivity index (χ0) is 32.3. The summed E-state index contributed by atoms with van der Waals surface area (Å²) in [7, 11) is -3.82. The highest BCUT2D eigenvalue weighted by molar-refractivity contribution is 7.89. The van der Waals surface area contributed by atoms with Gasteiger partial charge in [-0.05, 0) is 93.6 Å². The summed E-state index contributed by atoms with van der Waals surface area (Å²) in [6.45, 7) is 8.72. The van der Waals surface area contributed by atoms with E-state index in [9.17, 15) is 18.0 Å². The standard InChI is InChI=1S/C31H42Cl2N6O4S/c1-22(2)19-26(37-30(40)36-25-10-12-27(13-11-25)38-16-7-8-17-38)21-39(31(41)35-23(3)4)18-6-5-15-34-44(42,43)29-14-9-24(32)20-28(29)33/h7-14,16-17,20,22-23,26,34H,5-6,15,18-19,21H2,1-4H3,(H,35,41)(H2,36,37,40). The van der Waals surface area contributed by atoms with E-state index in [4.69, 9.17) is 23.2 Å². The number of nitrogens with zero attached hydrogens (tertiary/aromatic N) is 2. The minimum atomic E-state index is -3.82. The molecule has 1 atom stereocenters. The lowest BCUT2D eigenvalue weighted by molar-refractivity contribution is 0.183. The Morgan fingerprint density at radius 1 is 0.932 bits per heavy atom. The Balaban J connectivity index is 1.58. The number of benzene rings is 2. The second-order valence-corrected chi connectivity index (χ2v) is 13.9. The van der Waals surface area contributed by atoms with Gasteiger partial charge in [-0.3, -0.25) is 0 Å². The number of rotatable bonds is 15. The molecule has 4 N–H and O–H groups in total. The lowest BCUT2D eigenvalue weighted by atomic mass is 10.0. The Hall–Kier alpha value is -3.25. The van der Waals surface area contributed by atoms with Crippen LogP contribution in [0.4, 0.5) is 15.3 Å². The fourth-order valence-electron chi connectivity index (χ4n) is 4.61. The molecule has 0 aliphatic heterocycles. The summed E-state index contributed by atoms with van der Waals surface area (Å²) in [6, 6.07) is 14.6. The Morgan fingerprint density at radius 3 is 2.23 bits per heavy atom. The van der Waals surface area contributed by atoms with Crippen LogP contribution in [-0.2, 0) is 10.0 Å². The summed E-state index contributed by atoms with van der Waals surface area (Å²) in [4.78, 5) is 27.7. The topological polar surface area (TPSA) is 125 Å². The van der Waals surface area contributed by atoms with Gasteiger partial charge in [-0.2, -0.15) is 0 Å². The molecule has 240 valence electrons. The maximum Gasteiger partial charge on any atom is 0.319 e. The average molecular weight is 666 g/mol. The van der Waals surface area contributed by atoms with Crippen LogP contribution >= 0.6 is 23.2 Å². The number of hydrogen-bond donors (Lipinski definition) is 4. The summed E-state index contributed by atoms with van der Waals surface area (Å²) in [5.74, 6) is 0.269. The summed E-state index contributed by atoms with van der Waals surface area (Å²) in [6.07, 6.45) is 5.58. The highest BCUT2D eigenvalue weighted by atomic mass is 35.5. The van der Waals surface area contributed by atoms with Gasteiger partial charge in [0, 0.05) is 60.5 Å². The highest BCUT2D eigenvalue weighted by Crippen LogP contribution is 2.24. The molecule has 0 fully saturated rings. The first-order valence-electron chi connectivity index (χ1n) is 14.6. The van der Waals surface area contributed by atoms with E-state index >= 15 is 0 Å². The van der Waals surface area contributed by atoms with E-state index in [1.807, 2.05) is 67.2 Å². The van der Waals surface area contributed by atoms with Crippen molar-refractivity contribution < 1.29 is 18.0 Å². The molecule has 10 nitrogen and oxygen atoms in total. The smallest absolute Gasteiger partial charge is 0.319 e. The number of anilines is 1. The van der Waals surface area contributed by atoms with Crippen LogP contribution in [0.15, 0.2) is 71.9 Å².